The van der Waals surface area contributed by atoms with Crippen molar-refractivity contribution in [2.45, 2.75) is 19.4 Å². The van der Waals surface area contributed by atoms with Gasteiger partial charge in [0.1, 0.15) is 5.69 Å². The van der Waals surface area contributed by atoms with Crippen LogP contribution in [0.15, 0.2) is 30.3 Å². The van der Waals surface area contributed by atoms with Gasteiger partial charge in [-0.05, 0) is 25.5 Å². The predicted molar refractivity (Wildman–Crippen MR) is 86.7 cm³/mol. The second-order valence-electron chi connectivity index (χ2n) is 5.96. The molecule has 1 aliphatic heterocycles. The molecular formula is C16H20N2O3S. The monoisotopic (exact) mass is 320 g/mol. The third kappa shape index (κ3) is 2.63. The Morgan fingerprint density at radius 3 is 2.73 bits per heavy atom. The molecule has 1 aromatic carbocycles. The zero-order chi connectivity index (χ0) is 15.9. The van der Waals surface area contributed by atoms with E-state index in [-0.39, 0.29) is 23.5 Å². The van der Waals surface area contributed by atoms with Crippen molar-refractivity contribution >= 4 is 26.6 Å². The smallest absolute Gasteiger partial charge is 0.270 e. The Labute approximate surface area is 130 Å². The molecule has 1 amide bonds. The van der Waals surface area contributed by atoms with Gasteiger partial charge in [0.05, 0.1) is 11.5 Å². The fourth-order valence-electron chi connectivity index (χ4n) is 3.16. The van der Waals surface area contributed by atoms with E-state index in [1.165, 1.54) is 0 Å². The molecule has 0 saturated carbocycles. The van der Waals surface area contributed by atoms with Crippen LogP contribution in [-0.2, 0) is 16.9 Å². The van der Waals surface area contributed by atoms with Gasteiger partial charge in [0.25, 0.3) is 5.91 Å². The molecule has 118 valence electrons. The zero-order valence-electron chi connectivity index (χ0n) is 12.8. The van der Waals surface area contributed by atoms with Gasteiger partial charge in [0.15, 0.2) is 9.84 Å². The first-order chi connectivity index (χ1) is 10.4. The summed E-state index contributed by atoms with van der Waals surface area (Å²) in [5.41, 5.74) is 1.60. The van der Waals surface area contributed by atoms with Gasteiger partial charge in [0.2, 0.25) is 0 Å². The molecule has 5 nitrogen and oxygen atoms in total. The quantitative estimate of drug-likeness (QED) is 0.805. The molecule has 1 fully saturated rings. The minimum absolute atomic E-state index is 0.0443. The predicted octanol–water partition coefficient (Wildman–Crippen LogP) is 1.83. The summed E-state index contributed by atoms with van der Waals surface area (Å²) in [5, 5.41) is 1.02. The summed E-state index contributed by atoms with van der Waals surface area (Å²) < 4.78 is 25.6. The van der Waals surface area contributed by atoms with E-state index < -0.39 is 9.84 Å². The first-order valence-corrected chi connectivity index (χ1v) is 9.27. The number of hydrogen-bond donors (Lipinski definition) is 0. The van der Waals surface area contributed by atoms with Crippen molar-refractivity contribution in [2.24, 2.45) is 7.05 Å². The van der Waals surface area contributed by atoms with Gasteiger partial charge in [-0.2, -0.15) is 0 Å². The summed E-state index contributed by atoms with van der Waals surface area (Å²) in [6.07, 6.45) is 0.502. The molecule has 22 heavy (non-hydrogen) atoms. The summed E-state index contributed by atoms with van der Waals surface area (Å²) in [6, 6.07) is 9.42. The third-order valence-electron chi connectivity index (χ3n) is 4.31. The van der Waals surface area contributed by atoms with Crippen molar-refractivity contribution in [2.75, 3.05) is 18.1 Å². The Balaban J connectivity index is 1.97. The maximum absolute atomic E-state index is 12.9. The van der Waals surface area contributed by atoms with Crippen LogP contribution >= 0.6 is 0 Å². The number of rotatable bonds is 1. The summed E-state index contributed by atoms with van der Waals surface area (Å²) in [6.45, 7) is 2.30. The van der Waals surface area contributed by atoms with Gasteiger partial charge in [-0.3, -0.25) is 4.79 Å². The van der Waals surface area contributed by atoms with E-state index in [1.807, 2.05) is 48.9 Å². The van der Waals surface area contributed by atoms with Crippen LogP contribution in [0.25, 0.3) is 10.9 Å². The maximum Gasteiger partial charge on any atom is 0.270 e. The number of aryl methyl sites for hydroxylation is 1. The van der Waals surface area contributed by atoms with Crippen LogP contribution < -0.4 is 0 Å². The van der Waals surface area contributed by atoms with E-state index >= 15 is 0 Å². The molecule has 1 unspecified atom stereocenters. The first-order valence-electron chi connectivity index (χ1n) is 7.45. The van der Waals surface area contributed by atoms with Crippen molar-refractivity contribution in [1.29, 1.82) is 0 Å². The molecule has 6 heteroatoms. The Morgan fingerprint density at radius 1 is 1.27 bits per heavy atom. The minimum atomic E-state index is -3.05. The standard InChI is InChI=1S/C16H20N2O3S/c1-12-11-22(20,21)9-5-8-18(12)16(19)15-10-13-6-3-4-7-14(13)17(15)2/h3-4,6-7,10,12H,5,8-9,11H2,1-2H3. The van der Waals surface area contributed by atoms with Crippen LogP contribution in [0.4, 0.5) is 0 Å². The second-order valence-corrected chi connectivity index (χ2v) is 8.19. The molecule has 0 radical (unpaired) electrons. The third-order valence-corrected chi connectivity index (χ3v) is 6.21. The van der Waals surface area contributed by atoms with E-state index in [0.29, 0.717) is 18.7 Å². The van der Waals surface area contributed by atoms with E-state index in [0.717, 1.165) is 10.9 Å². The molecule has 1 aromatic heterocycles. The van der Waals surface area contributed by atoms with Crippen molar-refractivity contribution < 1.29 is 13.2 Å². The molecule has 1 saturated heterocycles. The van der Waals surface area contributed by atoms with Gasteiger partial charge in [-0.25, -0.2) is 8.42 Å². The van der Waals surface area contributed by atoms with Crippen LogP contribution in [0.3, 0.4) is 0 Å². The lowest BCUT2D eigenvalue weighted by atomic mass is 10.2. The van der Waals surface area contributed by atoms with E-state index in [9.17, 15) is 13.2 Å². The molecule has 0 spiro atoms. The Hall–Kier alpha value is -1.82. The Kier molecular flexibility index (Phi) is 3.72. The lowest BCUT2D eigenvalue weighted by molar-refractivity contribution is 0.0703. The average Bonchev–Trinajstić information content (AvgIpc) is 2.72. The number of benzene rings is 1. The number of fused-ring (bicyclic) bond motifs is 1. The highest BCUT2D eigenvalue weighted by atomic mass is 32.2. The van der Waals surface area contributed by atoms with Crippen LogP contribution in [-0.4, -0.2) is 47.9 Å². The summed E-state index contributed by atoms with van der Waals surface area (Å²) in [7, 11) is -1.18. The zero-order valence-corrected chi connectivity index (χ0v) is 13.6. The number of carbonyl (C=O) groups is 1. The topological polar surface area (TPSA) is 59.4 Å². The van der Waals surface area contributed by atoms with Gasteiger partial charge in [-0.15, -0.1) is 0 Å². The molecule has 0 bridgehead atoms. The number of hydrogen-bond acceptors (Lipinski definition) is 3. The van der Waals surface area contributed by atoms with Gasteiger partial charge < -0.3 is 9.47 Å². The molecule has 2 heterocycles. The van der Waals surface area contributed by atoms with E-state index in [1.54, 1.807) is 4.90 Å². The maximum atomic E-state index is 12.9. The number of amides is 1. The van der Waals surface area contributed by atoms with Crippen LogP contribution in [0, 0.1) is 0 Å². The Morgan fingerprint density at radius 2 is 2.00 bits per heavy atom. The van der Waals surface area contributed by atoms with Crippen LogP contribution in [0.2, 0.25) is 0 Å². The van der Waals surface area contributed by atoms with Crippen LogP contribution in [0.1, 0.15) is 23.8 Å². The molecule has 0 N–H and O–H groups in total. The average molecular weight is 320 g/mol. The Bertz CT molecular complexity index is 823. The van der Waals surface area contributed by atoms with Crippen molar-refractivity contribution in [3.8, 4) is 0 Å². The number of nitrogens with zero attached hydrogens (tertiary/aromatic N) is 2. The minimum Gasteiger partial charge on any atom is -0.340 e. The molecule has 3 rings (SSSR count). The van der Waals surface area contributed by atoms with Crippen molar-refractivity contribution in [3.05, 3.63) is 36.0 Å². The van der Waals surface area contributed by atoms with E-state index in [4.69, 9.17) is 0 Å². The summed E-state index contributed by atoms with van der Waals surface area (Å²) >= 11 is 0. The van der Waals surface area contributed by atoms with Crippen LogP contribution in [0.5, 0.6) is 0 Å². The molecule has 1 atom stereocenters. The van der Waals surface area contributed by atoms with Crippen molar-refractivity contribution in [1.82, 2.24) is 9.47 Å². The van der Waals surface area contributed by atoms with Gasteiger partial charge >= 0.3 is 0 Å². The second kappa shape index (κ2) is 5.43. The number of aromatic nitrogens is 1. The highest BCUT2D eigenvalue weighted by Crippen LogP contribution is 2.21. The summed E-state index contributed by atoms with van der Waals surface area (Å²) in [4.78, 5) is 14.6. The van der Waals surface area contributed by atoms with Gasteiger partial charge in [0, 0.05) is 30.5 Å². The molecular weight excluding hydrogens is 300 g/mol. The number of para-hydroxylation sites is 1. The first kappa shape index (κ1) is 15.1. The number of sulfone groups is 1. The molecule has 2 aromatic rings. The lowest BCUT2D eigenvalue weighted by Gasteiger charge is -2.26. The largest absolute Gasteiger partial charge is 0.340 e. The highest BCUT2D eigenvalue weighted by Gasteiger charge is 2.30. The highest BCUT2D eigenvalue weighted by molar-refractivity contribution is 7.91. The molecule has 0 aliphatic carbocycles. The fraction of sp³-hybridized carbons (Fsp3) is 0.438. The van der Waals surface area contributed by atoms with Crippen molar-refractivity contribution in [3.63, 3.8) is 0 Å². The van der Waals surface area contributed by atoms with E-state index in [2.05, 4.69) is 0 Å². The SMILES string of the molecule is CC1CS(=O)(=O)CCCN1C(=O)c1cc2ccccc2n1C. The van der Waals surface area contributed by atoms with Gasteiger partial charge in [-0.1, -0.05) is 18.2 Å². The summed E-state index contributed by atoms with van der Waals surface area (Å²) in [5.74, 6) is 0.113. The fourth-order valence-corrected chi connectivity index (χ4v) is 4.81. The normalized spacial score (nSPS) is 21.7. The molecule has 1 aliphatic rings. The number of carbonyl (C=O) groups excluding carboxylic acids is 1. The lowest BCUT2D eigenvalue weighted by Crippen LogP contribution is -2.41.